The summed E-state index contributed by atoms with van der Waals surface area (Å²) in [7, 11) is 0. The van der Waals surface area contributed by atoms with Crippen LogP contribution in [0.3, 0.4) is 0 Å². The molecule has 0 aliphatic carbocycles. The molecule has 5 heteroatoms. The highest BCUT2D eigenvalue weighted by molar-refractivity contribution is 5.53. The fraction of sp³-hybridized carbons (Fsp3) is 0.357. The summed E-state index contributed by atoms with van der Waals surface area (Å²) in [5.41, 5.74) is 1.86. The van der Waals surface area contributed by atoms with Crippen LogP contribution in [0.2, 0.25) is 0 Å². The Morgan fingerprint density at radius 3 is 2.79 bits per heavy atom. The molecule has 96 valence electrons. The van der Waals surface area contributed by atoms with Crippen molar-refractivity contribution in [1.29, 1.82) is 5.26 Å². The molecule has 0 unspecified atom stereocenters. The van der Waals surface area contributed by atoms with Gasteiger partial charge in [0.2, 0.25) is 0 Å². The number of nitrogens with one attached hydrogen (secondary N) is 1. The second-order valence-corrected chi connectivity index (χ2v) is 4.76. The van der Waals surface area contributed by atoms with Gasteiger partial charge in [-0.25, -0.2) is 4.98 Å². The molecule has 2 aromatic rings. The third-order valence-corrected chi connectivity index (χ3v) is 3.66. The summed E-state index contributed by atoms with van der Waals surface area (Å²) in [6, 6.07) is 7.88. The maximum Gasteiger partial charge on any atom is 0.146 e. The third kappa shape index (κ3) is 2.29. The number of aromatic amines is 1. The van der Waals surface area contributed by atoms with Crippen LogP contribution in [0.25, 0.3) is 0 Å². The van der Waals surface area contributed by atoms with E-state index in [4.69, 9.17) is 5.26 Å². The molecule has 1 aliphatic heterocycles. The van der Waals surface area contributed by atoms with Gasteiger partial charge < -0.3 is 4.90 Å². The molecule has 0 bridgehead atoms. The van der Waals surface area contributed by atoms with E-state index < -0.39 is 0 Å². The average Bonchev–Trinajstić information content (AvgIpc) is 3.02. The molecule has 2 aromatic heterocycles. The minimum atomic E-state index is 0.535. The Bertz CT molecular complexity index is 576. The third-order valence-electron chi connectivity index (χ3n) is 3.66. The summed E-state index contributed by atoms with van der Waals surface area (Å²) in [4.78, 5) is 6.54. The molecular formula is C14H15N5. The van der Waals surface area contributed by atoms with Crippen LogP contribution in [0, 0.1) is 11.3 Å². The van der Waals surface area contributed by atoms with Crippen molar-refractivity contribution in [3.8, 4) is 6.07 Å². The van der Waals surface area contributed by atoms with Crippen LogP contribution in [0.4, 0.5) is 5.82 Å². The first kappa shape index (κ1) is 11.7. The molecule has 0 saturated carbocycles. The highest BCUT2D eigenvalue weighted by Crippen LogP contribution is 2.29. The van der Waals surface area contributed by atoms with Crippen molar-refractivity contribution in [2.24, 2.45) is 0 Å². The summed E-state index contributed by atoms with van der Waals surface area (Å²) < 4.78 is 0. The summed E-state index contributed by atoms with van der Waals surface area (Å²) in [5.74, 6) is 1.35. The lowest BCUT2D eigenvalue weighted by Gasteiger charge is -2.32. The summed E-state index contributed by atoms with van der Waals surface area (Å²) in [5, 5.41) is 16.2. The van der Waals surface area contributed by atoms with Crippen LogP contribution in [-0.4, -0.2) is 28.3 Å². The average molecular weight is 253 g/mol. The van der Waals surface area contributed by atoms with E-state index >= 15 is 0 Å². The van der Waals surface area contributed by atoms with Gasteiger partial charge >= 0.3 is 0 Å². The molecule has 3 rings (SSSR count). The molecule has 1 N–H and O–H groups in total. The molecule has 5 nitrogen and oxygen atoms in total. The molecule has 0 atom stereocenters. The van der Waals surface area contributed by atoms with Gasteiger partial charge in [0, 0.05) is 37.1 Å². The van der Waals surface area contributed by atoms with Crippen molar-refractivity contribution in [2.45, 2.75) is 18.8 Å². The van der Waals surface area contributed by atoms with Gasteiger partial charge in [0.05, 0.1) is 5.56 Å². The zero-order chi connectivity index (χ0) is 13.1. The van der Waals surface area contributed by atoms with E-state index in [1.54, 1.807) is 18.5 Å². The summed E-state index contributed by atoms with van der Waals surface area (Å²) in [6.07, 6.45) is 5.67. The first-order chi connectivity index (χ1) is 9.38. The molecule has 1 aliphatic rings. The minimum absolute atomic E-state index is 0.535. The van der Waals surface area contributed by atoms with E-state index in [-0.39, 0.29) is 0 Å². The van der Waals surface area contributed by atoms with Crippen LogP contribution in [0.5, 0.6) is 0 Å². The number of hydrogen-bond acceptors (Lipinski definition) is 4. The van der Waals surface area contributed by atoms with Crippen molar-refractivity contribution >= 4 is 5.82 Å². The summed E-state index contributed by atoms with van der Waals surface area (Å²) in [6.45, 7) is 1.85. The minimum Gasteiger partial charge on any atom is -0.355 e. The lowest BCUT2D eigenvalue weighted by atomic mass is 9.93. The Morgan fingerprint density at radius 1 is 1.26 bits per heavy atom. The van der Waals surface area contributed by atoms with Crippen LogP contribution in [-0.2, 0) is 0 Å². The monoisotopic (exact) mass is 253 g/mol. The van der Waals surface area contributed by atoms with Gasteiger partial charge in [-0.1, -0.05) is 0 Å². The molecule has 0 aromatic carbocycles. The van der Waals surface area contributed by atoms with E-state index in [2.05, 4.69) is 26.2 Å². The molecule has 0 radical (unpaired) electrons. The second kappa shape index (κ2) is 5.11. The van der Waals surface area contributed by atoms with Gasteiger partial charge in [0.1, 0.15) is 11.9 Å². The van der Waals surface area contributed by atoms with Gasteiger partial charge in [-0.2, -0.15) is 10.4 Å². The fourth-order valence-corrected chi connectivity index (χ4v) is 2.63. The lowest BCUT2D eigenvalue weighted by Crippen LogP contribution is -2.34. The van der Waals surface area contributed by atoms with Gasteiger partial charge in [0.15, 0.2) is 0 Å². The number of aromatic nitrogens is 3. The van der Waals surface area contributed by atoms with Crippen molar-refractivity contribution in [1.82, 2.24) is 15.2 Å². The zero-order valence-corrected chi connectivity index (χ0v) is 10.6. The van der Waals surface area contributed by atoms with Gasteiger partial charge in [-0.15, -0.1) is 0 Å². The molecule has 19 heavy (non-hydrogen) atoms. The summed E-state index contributed by atoms with van der Waals surface area (Å²) >= 11 is 0. The van der Waals surface area contributed by atoms with Crippen molar-refractivity contribution in [3.05, 3.63) is 41.9 Å². The first-order valence-electron chi connectivity index (χ1n) is 6.48. The predicted molar refractivity (Wildman–Crippen MR) is 71.7 cm³/mol. The largest absolute Gasteiger partial charge is 0.355 e. The van der Waals surface area contributed by atoms with Crippen molar-refractivity contribution in [2.75, 3.05) is 18.0 Å². The Balaban J connectivity index is 1.72. The van der Waals surface area contributed by atoms with E-state index in [9.17, 15) is 0 Å². The molecule has 3 heterocycles. The van der Waals surface area contributed by atoms with Crippen LogP contribution < -0.4 is 4.90 Å². The number of nitriles is 1. The Kier molecular flexibility index (Phi) is 3.15. The van der Waals surface area contributed by atoms with E-state index in [1.165, 1.54) is 5.69 Å². The number of rotatable bonds is 2. The Morgan fingerprint density at radius 2 is 2.11 bits per heavy atom. The molecule has 1 saturated heterocycles. The topological polar surface area (TPSA) is 68.6 Å². The number of H-pyrrole nitrogens is 1. The predicted octanol–water partition coefficient (Wildman–Crippen LogP) is 2.06. The first-order valence-corrected chi connectivity index (χ1v) is 6.48. The maximum absolute atomic E-state index is 9.12. The highest BCUT2D eigenvalue weighted by Gasteiger charge is 2.23. The van der Waals surface area contributed by atoms with E-state index in [0.29, 0.717) is 11.5 Å². The molecule has 0 spiro atoms. The number of anilines is 1. The van der Waals surface area contributed by atoms with Crippen molar-refractivity contribution < 1.29 is 0 Å². The maximum atomic E-state index is 9.12. The van der Waals surface area contributed by atoms with Crippen LogP contribution in [0.1, 0.15) is 30.0 Å². The molecular weight excluding hydrogens is 238 g/mol. The second-order valence-electron chi connectivity index (χ2n) is 4.76. The Labute approximate surface area is 111 Å². The highest BCUT2D eigenvalue weighted by atomic mass is 15.2. The van der Waals surface area contributed by atoms with E-state index in [0.717, 1.165) is 31.7 Å². The fourth-order valence-electron chi connectivity index (χ4n) is 2.63. The molecule has 0 amide bonds. The zero-order valence-electron chi connectivity index (χ0n) is 10.6. The lowest BCUT2D eigenvalue weighted by molar-refractivity contribution is 0.493. The quantitative estimate of drug-likeness (QED) is 0.889. The number of nitrogens with zero attached hydrogens (tertiary/aromatic N) is 4. The van der Waals surface area contributed by atoms with Gasteiger partial charge in [-0.3, -0.25) is 5.10 Å². The normalized spacial score (nSPS) is 16.3. The Hall–Kier alpha value is -2.35. The number of piperidine rings is 1. The van der Waals surface area contributed by atoms with Crippen LogP contribution in [0.15, 0.2) is 30.6 Å². The smallest absolute Gasteiger partial charge is 0.146 e. The molecule has 1 fully saturated rings. The van der Waals surface area contributed by atoms with E-state index in [1.807, 2.05) is 12.1 Å². The van der Waals surface area contributed by atoms with Crippen LogP contribution >= 0.6 is 0 Å². The standard InChI is InChI=1S/C14H15N5/c15-10-12-2-1-6-16-14(12)19-8-4-11(5-9-19)13-3-7-17-18-13/h1-3,6-7,11H,4-5,8-9H2,(H,17,18). The van der Waals surface area contributed by atoms with Crippen molar-refractivity contribution in [3.63, 3.8) is 0 Å². The number of hydrogen-bond donors (Lipinski definition) is 1. The van der Waals surface area contributed by atoms with Gasteiger partial charge in [0.25, 0.3) is 0 Å². The number of pyridine rings is 1. The SMILES string of the molecule is N#Cc1cccnc1N1CCC(c2ccn[nH]2)CC1. The van der Waals surface area contributed by atoms with Gasteiger partial charge in [-0.05, 0) is 31.0 Å².